The summed E-state index contributed by atoms with van der Waals surface area (Å²) >= 11 is 12.6. The topological polar surface area (TPSA) is 84.9 Å². The lowest BCUT2D eigenvalue weighted by Crippen LogP contribution is -2.61. The predicted octanol–water partition coefficient (Wildman–Crippen LogP) is 6.20. The van der Waals surface area contributed by atoms with E-state index < -0.39 is 65.4 Å². The van der Waals surface area contributed by atoms with E-state index in [1.807, 2.05) is 0 Å². The highest BCUT2D eigenvalue weighted by molar-refractivity contribution is 6.31. The molecule has 2 aromatic rings. The van der Waals surface area contributed by atoms with Crippen LogP contribution in [0, 0.1) is 28.5 Å². The smallest absolute Gasteiger partial charge is 0.236 e. The zero-order valence-corrected chi connectivity index (χ0v) is 25.2. The quantitative estimate of drug-likeness (QED) is 0.359. The van der Waals surface area contributed by atoms with Crippen molar-refractivity contribution in [1.82, 2.24) is 0 Å². The van der Waals surface area contributed by atoms with Crippen molar-refractivity contribution in [2.24, 2.45) is 22.7 Å². The Morgan fingerprint density at radius 3 is 2.60 bits per heavy atom. The number of halogens is 5. The molecule has 2 N–H and O–H groups in total. The van der Waals surface area contributed by atoms with E-state index in [4.69, 9.17) is 32.7 Å². The number of hydrogen-bond acceptors (Lipinski definition) is 5. The van der Waals surface area contributed by atoms with Crippen molar-refractivity contribution < 1.29 is 37.3 Å². The van der Waals surface area contributed by atoms with Crippen molar-refractivity contribution in [3.05, 3.63) is 63.4 Å². The lowest BCUT2D eigenvalue weighted by molar-refractivity contribution is -0.144. The van der Waals surface area contributed by atoms with E-state index in [1.54, 1.807) is 30.3 Å². The molecule has 0 unspecified atom stereocenters. The molecule has 232 valence electrons. The number of hydrogen-bond donors (Lipinski definition) is 2. The standard InChI is InChI=1S/C32H34Cl2F3NO5/c1-42-25-8-17(12-43-26(25)11-39)7-24(40)20-10-31(13-30(14-31,15-35)16-36)32(27(20)19-3-2-4-22(34)28(19)37)21-6-5-18(33)9-23(21)38-29(32)41/h2-6,9,17,20,25-27,39H,7-8,10-16H2,1H3,(H,38,41)/t17-,20+,25-,26-,27+,32-/m1/s1. The summed E-state index contributed by atoms with van der Waals surface area (Å²) in [5.74, 6) is -3.45. The summed E-state index contributed by atoms with van der Waals surface area (Å²) in [6.45, 7) is -1.80. The molecule has 1 amide bonds. The van der Waals surface area contributed by atoms with Gasteiger partial charge in [-0.3, -0.25) is 18.4 Å². The first-order valence-corrected chi connectivity index (χ1v) is 15.3. The van der Waals surface area contributed by atoms with E-state index in [0.717, 1.165) is 0 Å². The second kappa shape index (κ2) is 11.3. The lowest BCUT2D eigenvalue weighted by Gasteiger charge is -2.59. The number of nitrogens with one attached hydrogen (secondary N) is 1. The molecular formula is C32H34Cl2F3NO5. The minimum absolute atomic E-state index is 0.0292. The van der Waals surface area contributed by atoms with Gasteiger partial charge < -0.3 is 19.9 Å². The zero-order chi connectivity index (χ0) is 30.7. The highest BCUT2D eigenvalue weighted by Crippen LogP contribution is 2.77. The molecule has 6 atom stereocenters. The van der Waals surface area contributed by atoms with Crippen LogP contribution in [0.4, 0.5) is 18.9 Å². The first-order valence-electron chi connectivity index (χ1n) is 14.5. The number of benzene rings is 2. The third-order valence-electron chi connectivity index (χ3n) is 10.6. The Morgan fingerprint density at radius 1 is 1.19 bits per heavy atom. The number of carbonyl (C=O) groups is 2. The van der Waals surface area contributed by atoms with Gasteiger partial charge in [-0.25, -0.2) is 4.39 Å². The summed E-state index contributed by atoms with van der Waals surface area (Å²) in [6.07, 6.45) is -0.153. The van der Waals surface area contributed by atoms with Crippen molar-refractivity contribution in [3.8, 4) is 0 Å². The number of carbonyl (C=O) groups excluding carboxylic acids is 2. The second-order valence-corrected chi connectivity index (χ2v) is 13.7. The maximum atomic E-state index is 16.0. The molecule has 3 fully saturated rings. The minimum Gasteiger partial charge on any atom is -0.394 e. The first kappa shape index (κ1) is 30.8. The van der Waals surface area contributed by atoms with Gasteiger partial charge >= 0.3 is 0 Å². The maximum Gasteiger partial charge on any atom is 0.236 e. The highest BCUT2D eigenvalue weighted by atomic mass is 35.5. The largest absolute Gasteiger partial charge is 0.394 e. The SMILES string of the molecule is CO[C@@H]1C[C@@H](CC(=O)[C@@H]2CC3(CC(CF)(CF)C3)[C@@]3(C(=O)Nc4cc(Cl)ccc43)[C@H]2c2cccc(Cl)c2F)CO[C@@H]1CO. The molecule has 4 aliphatic rings. The average Bonchev–Trinajstić information content (AvgIpc) is 3.45. The van der Waals surface area contributed by atoms with Gasteiger partial charge in [-0.15, -0.1) is 0 Å². The third kappa shape index (κ3) is 4.56. The van der Waals surface area contributed by atoms with Crippen LogP contribution in [0.3, 0.4) is 0 Å². The molecule has 2 saturated carbocycles. The molecule has 1 saturated heterocycles. The van der Waals surface area contributed by atoms with Gasteiger partial charge in [-0.2, -0.15) is 0 Å². The number of alkyl halides is 2. The maximum absolute atomic E-state index is 16.0. The van der Waals surface area contributed by atoms with Crippen LogP contribution in [0.2, 0.25) is 10.0 Å². The molecule has 6 nitrogen and oxygen atoms in total. The van der Waals surface area contributed by atoms with Crippen molar-refractivity contribution in [2.45, 2.75) is 55.6 Å². The molecule has 43 heavy (non-hydrogen) atoms. The fourth-order valence-corrected chi connectivity index (χ4v) is 9.28. The van der Waals surface area contributed by atoms with Crippen LogP contribution in [-0.4, -0.2) is 62.7 Å². The van der Waals surface area contributed by atoms with Crippen LogP contribution in [-0.2, 0) is 24.5 Å². The number of methoxy groups -OCH3 is 1. The van der Waals surface area contributed by atoms with Crippen molar-refractivity contribution >= 4 is 40.6 Å². The van der Waals surface area contributed by atoms with E-state index in [-0.39, 0.29) is 61.2 Å². The molecule has 6 rings (SSSR count). The normalized spacial score (nSPS) is 32.1. The van der Waals surface area contributed by atoms with Gasteiger partial charge in [0, 0.05) is 41.5 Å². The number of anilines is 1. The first-order chi connectivity index (χ1) is 20.6. The van der Waals surface area contributed by atoms with Crippen LogP contribution in [0.5, 0.6) is 0 Å². The third-order valence-corrected chi connectivity index (χ3v) is 11.1. The zero-order valence-electron chi connectivity index (χ0n) is 23.7. The van der Waals surface area contributed by atoms with Crippen LogP contribution >= 0.6 is 23.2 Å². The lowest BCUT2D eigenvalue weighted by atomic mass is 9.43. The van der Waals surface area contributed by atoms with Gasteiger partial charge in [-0.1, -0.05) is 41.4 Å². The Morgan fingerprint density at radius 2 is 1.93 bits per heavy atom. The highest BCUT2D eigenvalue weighted by Gasteiger charge is 2.77. The van der Waals surface area contributed by atoms with E-state index in [0.29, 0.717) is 22.7 Å². The van der Waals surface area contributed by atoms with Crippen LogP contribution in [0.15, 0.2) is 36.4 Å². The molecular weight excluding hydrogens is 606 g/mol. The number of Topliss-reactive ketones (excluding diaryl/α,β-unsaturated/α-hetero) is 1. The Kier molecular flexibility index (Phi) is 8.12. The molecule has 0 radical (unpaired) electrons. The summed E-state index contributed by atoms with van der Waals surface area (Å²) in [6, 6.07) is 9.47. The van der Waals surface area contributed by atoms with E-state index in [1.165, 1.54) is 13.2 Å². The predicted molar refractivity (Wildman–Crippen MR) is 155 cm³/mol. The van der Waals surface area contributed by atoms with E-state index in [9.17, 15) is 23.5 Å². The minimum atomic E-state index is -1.49. The van der Waals surface area contributed by atoms with Gasteiger partial charge in [0.1, 0.15) is 17.7 Å². The number of rotatable bonds is 8. The van der Waals surface area contributed by atoms with Gasteiger partial charge in [-0.05, 0) is 66.3 Å². The number of fused-ring (bicyclic) bond motifs is 3. The Hall–Kier alpha value is -2.17. The van der Waals surface area contributed by atoms with Crippen LogP contribution < -0.4 is 5.32 Å². The molecule has 0 bridgehead atoms. The Labute approximate surface area is 258 Å². The number of aliphatic hydroxyl groups excluding tert-OH is 1. The number of aliphatic hydroxyl groups is 1. The van der Waals surface area contributed by atoms with Crippen LogP contribution in [0.25, 0.3) is 0 Å². The average molecular weight is 641 g/mol. The fourth-order valence-electron chi connectivity index (χ4n) is 8.93. The fraction of sp³-hybridized carbons (Fsp3) is 0.562. The van der Waals surface area contributed by atoms with E-state index >= 15 is 4.39 Å². The second-order valence-electron chi connectivity index (χ2n) is 12.9. The molecule has 2 spiro atoms. The molecule has 2 heterocycles. The Balaban J connectivity index is 1.49. The van der Waals surface area contributed by atoms with Gasteiger partial charge in [0.05, 0.1) is 43.1 Å². The summed E-state index contributed by atoms with van der Waals surface area (Å²) in [4.78, 5) is 28.8. The molecule has 2 aromatic carbocycles. The molecule has 0 aromatic heterocycles. The summed E-state index contributed by atoms with van der Waals surface area (Å²) in [5, 5.41) is 12.8. The number of ether oxygens (including phenoxy) is 2. The molecule has 2 aliphatic heterocycles. The van der Waals surface area contributed by atoms with Crippen LogP contribution in [0.1, 0.15) is 49.1 Å². The van der Waals surface area contributed by atoms with Crippen molar-refractivity contribution in [1.29, 1.82) is 0 Å². The van der Waals surface area contributed by atoms with Gasteiger partial charge in [0.15, 0.2) is 0 Å². The monoisotopic (exact) mass is 639 g/mol. The van der Waals surface area contributed by atoms with Gasteiger partial charge in [0.25, 0.3) is 0 Å². The van der Waals surface area contributed by atoms with E-state index in [2.05, 4.69) is 5.32 Å². The molecule has 11 heteroatoms. The van der Waals surface area contributed by atoms with Gasteiger partial charge in [0.2, 0.25) is 5.91 Å². The summed E-state index contributed by atoms with van der Waals surface area (Å²) in [5.41, 5.74) is -2.69. The summed E-state index contributed by atoms with van der Waals surface area (Å²) < 4.78 is 56.0. The number of amides is 1. The summed E-state index contributed by atoms with van der Waals surface area (Å²) in [7, 11) is 1.52. The Bertz CT molecular complexity index is 1430. The van der Waals surface area contributed by atoms with Crippen molar-refractivity contribution in [3.63, 3.8) is 0 Å². The number of ketones is 1. The molecule has 2 aliphatic carbocycles. The van der Waals surface area contributed by atoms with Crippen molar-refractivity contribution in [2.75, 3.05) is 39.0 Å².